The molecule has 5 heterocycles. The van der Waals surface area contributed by atoms with Gasteiger partial charge in [-0.25, -0.2) is 4.98 Å². The SMILES string of the molecule is CC1CCN(C(=O)Cn2ccc(-c3ccccc3)n2)CC1n1ccc2cnc3[nH]ccc3c21. The van der Waals surface area contributed by atoms with Crippen molar-refractivity contribution >= 4 is 27.8 Å². The molecule has 4 aromatic heterocycles. The molecule has 1 aromatic carbocycles. The van der Waals surface area contributed by atoms with Gasteiger partial charge in [0.25, 0.3) is 0 Å². The van der Waals surface area contributed by atoms with E-state index in [1.54, 1.807) is 4.68 Å². The Hall–Kier alpha value is -3.87. The molecule has 5 aromatic rings. The van der Waals surface area contributed by atoms with Gasteiger partial charge in [-0.1, -0.05) is 37.3 Å². The van der Waals surface area contributed by atoms with Crippen LogP contribution in [0.5, 0.6) is 0 Å². The minimum Gasteiger partial charge on any atom is -0.346 e. The summed E-state index contributed by atoms with van der Waals surface area (Å²) < 4.78 is 4.09. The number of fused-ring (bicyclic) bond motifs is 3. The number of carbonyl (C=O) groups excluding carboxylic acids is 1. The van der Waals surface area contributed by atoms with Gasteiger partial charge in [-0.15, -0.1) is 0 Å². The van der Waals surface area contributed by atoms with Crippen LogP contribution in [-0.4, -0.2) is 48.2 Å². The Morgan fingerprint density at radius 2 is 2.00 bits per heavy atom. The van der Waals surface area contributed by atoms with Crippen LogP contribution in [0.1, 0.15) is 19.4 Å². The molecule has 0 aliphatic carbocycles. The third-order valence-electron chi connectivity index (χ3n) is 6.90. The summed E-state index contributed by atoms with van der Waals surface area (Å²) in [5.74, 6) is 0.584. The predicted octanol–water partition coefficient (Wildman–Crippen LogP) is 4.49. The van der Waals surface area contributed by atoms with E-state index >= 15 is 0 Å². The topological polar surface area (TPSA) is 71.7 Å². The number of hydrogen-bond donors (Lipinski definition) is 1. The van der Waals surface area contributed by atoms with Crippen molar-refractivity contribution in [1.82, 2.24) is 29.2 Å². The molecular formula is C26H26N6O. The molecule has 0 spiro atoms. The van der Waals surface area contributed by atoms with Crippen LogP contribution in [0.3, 0.4) is 0 Å². The van der Waals surface area contributed by atoms with Gasteiger partial charge in [0.1, 0.15) is 12.2 Å². The number of H-pyrrole nitrogens is 1. The molecule has 0 radical (unpaired) electrons. The molecule has 1 saturated heterocycles. The third kappa shape index (κ3) is 3.50. The largest absolute Gasteiger partial charge is 0.346 e. The highest BCUT2D eigenvalue weighted by Crippen LogP contribution is 2.33. The molecule has 6 rings (SSSR count). The molecule has 1 N–H and O–H groups in total. The van der Waals surface area contributed by atoms with Gasteiger partial charge in [0.2, 0.25) is 5.91 Å². The smallest absolute Gasteiger partial charge is 0.244 e. The molecular weight excluding hydrogens is 412 g/mol. The van der Waals surface area contributed by atoms with Crippen molar-refractivity contribution in [3.05, 3.63) is 73.3 Å². The van der Waals surface area contributed by atoms with E-state index in [0.717, 1.165) is 40.6 Å². The van der Waals surface area contributed by atoms with Crippen molar-refractivity contribution in [3.8, 4) is 11.3 Å². The van der Waals surface area contributed by atoms with E-state index in [0.29, 0.717) is 12.5 Å². The van der Waals surface area contributed by atoms with Crippen LogP contribution in [-0.2, 0) is 11.3 Å². The second-order valence-corrected chi connectivity index (χ2v) is 8.96. The summed E-state index contributed by atoms with van der Waals surface area (Å²) in [6, 6.07) is 16.4. The second-order valence-electron chi connectivity index (χ2n) is 8.96. The number of aromatic nitrogens is 5. The highest BCUT2D eigenvalue weighted by molar-refractivity contribution is 6.02. The minimum atomic E-state index is 0.111. The van der Waals surface area contributed by atoms with Gasteiger partial charge < -0.3 is 14.5 Å². The average molecular weight is 439 g/mol. The number of nitrogens with one attached hydrogen (secondary N) is 1. The van der Waals surface area contributed by atoms with Crippen LogP contribution in [0, 0.1) is 5.92 Å². The van der Waals surface area contributed by atoms with E-state index in [-0.39, 0.29) is 18.5 Å². The van der Waals surface area contributed by atoms with Crippen LogP contribution >= 0.6 is 0 Å². The maximum absolute atomic E-state index is 13.2. The van der Waals surface area contributed by atoms with Crippen molar-refractivity contribution in [3.63, 3.8) is 0 Å². The number of carbonyl (C=O) groups is 1. The van der Waals surface area contributed by atoms with Crippen LogP contribution < -0.4 is 0 Å². The Morgan fingerprint density at radius 3 is 2.88 bits per heavy atom. The Labute approximate surface area is 191 Å². The van der Waals surface area contributed by atoms with Crippen molar-refractivity contribution in [2.45, 2.75) is 25.9 Å². The zero-order chi connectivity index (χ0) is 22.4. The second kappa shape index (κ2) is 7.92. The summed E-state index contributed by atoms with van der Waals surface area (Å²) in [5.41, 5.74) is 4.02. The average Bonchev–Trinajstić information content (AvgIpc) is 3.59. The monoisotopic (exact) mass is 438 g/mol. The van der Waals surface area contributed by atoms with Crippen LogP contribution in [0.25, 0.3) is 33.2 Å². The highest BCUT2D eigenvalue weighted by atomic mass is 16.2. The first kappa shape index (κ1) is 19.8. The summed E-state index contributed by atoms with van der Waals surface area (Å²) in [7, 11) is 0. The van der Waals surface area contributed by atoms with Gasteiger partial charge >= 0.3 is 0 Å². The van der Waals surface area contributed by atoms with Crippen molar-refractivity contribution in [2.75, 3.05) is 13.1 Å². The minimum absolute atomic E-state index is 0.111. The molecule has 7 nitrogen and oxygen atoms in total. The number of hydrogen-bond acceptors (Lipinski definition) is 3. The van der Waals surface area contributed by atoms with Gasteiger partial charge in [0.15, 0.2) is 0 Å². The quantitative estimate of drug-likeness (QED) is 0.449. The molecule has 1 aliphatic heterocycles. The molecule has 166 valence electrons. The Bertz CT molecular complexity index is 1430. The fraction of sp³-hybridized carbons (Fsp3) is 0.269. The van der Waals surface area contributed by atoms with Gasteiger partial charge in [-0.2, -0.15) is 5.10 Å². The zero-order valence-electron chi connectivity index (χ0n) is 18.6. The fourth-order valence-corrected chi connectivity index (χ4v) is 5.02. The number of piperidine rings is 1. The van der Waals surface area contributed by atoms with Crippen molar-refractivity contribution in [2.24, 2.45) is 5.92 Å². The summed E-state index contributed by atoms with van der Waals surface area (Å²) >= 11 is 0. The highest BCUT2D eigenvalue weighted by Gasteiger charge is 2.31. The Balaban J connectivity index is 1.23. The van der Waals surface area contributed by atoms with Crippen LogP contribution in [0.2, 0.25) is 0 Å². The molecule has 0 saturated carbocycles. The van der Waals surface area contributed by atoms with Gasteiger partial charge in [0.05, 0.1) is 17.3 Å². The van der Waals surface area contributed by atoms with Gasteiger partial charge in [-0.3, -0.25) is 9.48 Å². The zero-order valence-corrected chi connectivity index (χ0v) is 18.6. The lowest BCUT2D eigenvalue weighted by Gasteiger charge is -2.38. The number of aromatic amines is 1. The molecule has 1 fully saturated rings. The number of pyridine rings is 1. The maximum atomic E-state index is 13.2. The Kier molecular flexibility index (Phi) is 4.75. The van der Waals surface area contributed by atoms with Gasteiger partial charge in [0, 0.05) is 54.2 Å². The van der Waals surface area contributed by atoms with E-state index in [1.165, 1.54) is 5.52 Å². The lowest BCUT2D eigenvalue weighted by Crippen LogP contribution is -2.45. The van der Waals surface area contributed by atoms with E-state index in [1.807, 2.05) is 59.9 Å². The molecule has 33 heavy (non-hydrogen) atoms. The lowest BCUT2D eigenvalue weighted by atomic mass is 9.93. The number of likely N-dealkylation sites (tertiary alicyclic amines) is 1. The number of rotatable bonds is 4. The van der Waals surface area contributed by atoms with Crippen LogP contribution in [0.4, 0.5) is 0 Å². The fourth-order valence-electron chi connectivity index (χ4n) is 5.02. The first-order valence-electron chi connectivity index (χ1n) is 11.5. The third-order valence-corrected chi connectivity index (χ3v) is 6.90. The molecule has 7 heteroatoms. The lowest BCUT2D eigenvalue weighted by molar-refractivity contribution is -0.134. The van der Waals surface area contributed by atoms with E-state index in [2.05, 4.69) is 44.9 Å². The molecule has 2 unspecified atom stereocenters. The maximum Gasteiger partial charge on any atom is 0.244 e. The van der Waals surface area contributed by atoms with Crippen molar-refractivity contribution < 1.29 is 4.79 Å². The number of nitrogens with zero attached hydrogens (tertiary/aromatic N) is 5. The normalized spacial score (nSPS) is 18.9. The predicted molar refractivity (Wildman–Crippen MR) is 129 cm³/mol. The molecule has 2 atom stereocenters. The first-order chi connectivity index (χ1) is 16.2. The van der Waals surface area contributed by atoms with E-state index in [4.69, 9.17) is 0 Å². The number of amides is 1. The Morgan fingerprint density at radius 1 is 1.12 bits per heavy atom. The van der Waals surface area contributed by atoms with Crippen molar-refractivity contribution in [1.29, 1.82) is 0 Å². The summed E-state index contributed by atoms with van der Waals surface area (Å²) in [6.07, 6.45) is 8.87. The summed E-state index contributed by atoms with van der Waals surface area (Å²) in [5, 5.41) is 6.87. The molecule has 1 amide bonds. The summed E-state index contributed by atoms with van der Waals surface area (Å²) in [4.78, 5) is 22.9. The first-order valence-corrected chi connectivity index (χ1v) is 11.5. The van der Waals surface area contributed by atoms with Crippen LogP contribution in [0.15, 0.2) is 73.3 Å². The van der Waals surface area contributed by atoms with Gasteiger partial charge in [-0.05, 0) is 30.5 Å². The summed E-state index contributed by atoms with van der Waals surface area (Å²) in [6.45, 7) is 4.02. The van der Waals surface area contributed by atoms with E-state index < -0.39 is 0 Å². The van der Waals surface area contributed by atoms with E-state index in [9.17, 15) is 4.79 Å². The molecule has 1 aliphatic rings. The number of benzene rings is 1. The standard InChI is InChI=1S/C26H26N6O/c1-18-8-12-30(24(33)17-31-13-10-22(29-31)19-5-3-2-4-6-19)16-23(18)32-14-9-20-15-28-26-21(25(20)32)7-11-27-26/h2-7,9-11,13-15,18,23H,8,12,16-17H2,1H3,(H,27,28). The molecule has 0 bridgehead atoms.